The summed E-state index contributed by atoms with van der Waals surface area (Å²) in [6.45, 7) is 7.61. The molecule has 2 saturated heterocycles. The highest BCUT2D eigenvalue weighted by atomic mass is 16.5. The van der Waals surface area contributed by atoms with Crippen LogP contribution < -0.4 is 20.3 Å². The molecule has 4 N–H and O–H groups in total. The zero-order valence-electron chi connectivity index (χ0n) is 18.0. The molecule has 0 aromatic heterocycles. The van der Waals surface area contributed by atoms with E-state index in [1.54, 1.807) is 0 Å². The number of hydrogen-bond acceptors (Lipinski definition) is 8. The predicted molar refractivity (Wildman–Crippen MR) is 117 cm³/mol. The van der Waals surface area contributed by atoms with Gasteiger partial charge in [0.1, 0.15) is 16.9 Å². The summed E-state index contributed by atoms with van der Waals surface area (Å²) in [4.78, 5) is 15.2. The third kappa shape index (κ3) is 4.47. The Balaban J connectivity index is 1.65. The zero-order valence-corrected chi connectivity index (χ0v) is 18.0. The van der Waals surface area contributed by atoms with E-state index >= 15 is 0 Å². The molecule has 3 aliphatic heterocycles. The lowest BCUT2D eigenvalue weighted by Crippen LogP contribution is -2.37. The summed E-state index contributed by atoms with van der Waals surface area (Å²) in [5.74, 6) is 0.971. The third-order valence-electron chi connectivity index (χ3n) is 5.79. The van der Waals surface area contributed by atoms with E-state index < -0.39 is 11.5 Å². The number of ether oxygens (including phenoxy) is 3. The van der Waals surface area contributed by atoms with Crippen molar-refractivity contribution in [2.75, 3.05) is 56.3 Å². The van der Waals surface area contributed by atoms with Crippen LogP contribution in [-0.2, 0) is 20.7 Å². The van der Waals surface area contributed by atoms with E-state index in [1.807, 2.05) is 19.1 Å². The molecule has 4 rings (SSSR count). The molecule has 2 fully saturated rings. The van der Waals surface area contributed by atoms with Gasteiger partial charge in [-0.15, -0.1) is 0 Å². The van der Waals surface area contributed by atoms with E-state index in [2.05, 4.69) is 22.5 Å². The van der Waals surface area contributed by atoms with Gasteiger partial charge in [0.15, 0.2) is 0 Å². The Kier molecular flexibility index (Phi) is 6.06. The molecule has 2 unspecified atom stereocenters. The first-order valence-electron chi connectivity index (χ1n) is 10.6. The van der Waals surface area contributed by atoms with E-state index in [1.165, 1.54) is 0 Å². The van der Waals surface area contributed by atoms with Crippen molar-refractivity contribution in [2.45, 2.75) is 25.9 Å². The number of benzene rings is 1. The van der Waals surface area contributed by atoms with Crippen LogP contribution in [0.25, 0.3) is 0 Å². The van der Waals surface area contributed by atoms with Crippen LogP contribution >= 0.6 is 0 Å². The molecule has 0 radical (unpaired) electrons. The number of fused-ring (bicyclic) bond motifs is 1. The number of morpholine rings is 1. The lowest BCUT2D eigenvalue weighted by Gasteiger charge is -2.31. The second-order valence-electron chi connectivity index (χ2n) is 8.60. The van der Waals surface area contributed by atoms with E-state index in [0.29, 0.717) is 69.1 Å². The Morgan fingerprint density at radius 1 is 1.42 bits per heavy atom. The summed E-state index contributed by atoms with van der Waals surface area (Å²) in [6.07, 6.45) is 1.56. The number of anilines is 2. The molecule has 168 valence electrons. The molecule has 9 nitrogen and oxygen atoms in total. The monoisotopic (exact) mass is 430 g/mol. The van der Waals surface area contributed by atoms with Crippen molar-refractivity contribution in [1.29, 1.82) is 5.41 Å². The first-order valence-corrected chi connectivity index (χ1v) is 10.6. The van der Waals surface area contributed by atoms with Crippen molar-refractivity contribution in [3.05, 3.63) is 29.2 Å². The van der Waals surface area contributed by atoms with Crippen molar-refractivity contribution < 1.29 is 24.1 Å². The third-order valence-corrected chi connectivity index (χ3v) is 5.79. The summed E-state index contributed by atoms with van der Waals surface area (Å²) < 4.78 is 17.1. The van der Waals surface area contributed by atoms with Gasteiger partial charge in [-0.1, -0.05) is 6.92 Å². The molecule has 0 spiro atoms. The number of rotatable bonds is 5. The molecule has 1 aromatic carbocycles. The van der Waals surface area contributed by atoms with Gasteiger partial charge in [0.05, 0.1) is 37.8 Å². The number of amides is 1. The largest absolute Gasteiger partial charge is 0.484 e. The molecule has 0 saturated carbocycles. The van der Waals surface area contributed by atoms with Gasteiger partial charge in [0, 0.05) is 49.8 Å². The Hall–Kier alpha value is -2.78. The molecule has 1 aromatic rings. The van der Waals surface area contributed by atoms with Crippen LogP contribution in [0.1, 0.15) is 19.4 Å². The average molecular weight is 431 g/mol. The lowest BCUT2D eigenvalue weighted by molar-refractivity contribution is -0.112. The van der Waals surface area contributed by atoms with Gasteiger partial charge in [-0.05, 0) is 13.0 Å². The van der Waals surface area contributed by atoms with Gasteiger partial charge in [0.25, 0.3) is 5.91 Å². The summed E-state index contributed by atoms with van der Waals surface area (Å²) in [6, 6.07) is 3.83. The Morgan fingerprint density at radius 2 is 2.19 bits per heavy atom. The first kappa shape index (κ1) is 21.5. The molecule has 31 heavy (non-hydrogen) atoms. The average Bonchev–Trinajstić information content (AvgIpc) is 3.11. The maximum Gasteiger partial charge on any atom is 0.262 e. The zero-order chi connectivity index (χ0) is 22.0. The van der Waals surface area contributed by atoms with Crippen molar-refractivity contribution in [3.63, 3.8) is 0 Å². The number of carbonyl (C=O) groups excluding carboxylic acids is 1. The van der Waals surface area contributed by atoms with Gasteiger partial charge in [0.2, 0.25) is 5.88 Å². The SMILES string of the molecule is CC1CN/C(=C(\C=N)C(=O)Nc2cc3c(cc2N2CCOCC2)OC(C)(CO)C3)OC1. The summed E-state index contributed by atoms with van der Waals surface area (Å²) >= 11 is 0. The molecule has 3 aliphatic rings. The van der Waals surface area contributed by atoms with Crippen molar-refractivity contribution >= 4 is 23.5 Å². The number of carbonyl (C=O) groups is 1. The topological polar surface area (TPSA) is 116 Å². The summed E-state index contributed by atoms with van der Waals surface area (Å²) in [5.41, 5.74) is 1.87. The van der Waals surface area contributed by atoms with E-state index in [9.17, 15) is 9.90 Å². The summed E-state index contributed by atoms with van der Waals surface area (Å²) in [5, 5.41) is 23.5. The second-order valence-corrected chi connectivity index (χ2v) is 8.60. The quantitative estimate of drug-likeness (QED) is 0.411. The normalized spacial score (nSPS) is 26.8. The van der Waals surface area contributed by atoms with Crippen LogP contribution in [0.4, 0.5) is 11.4 Å². The lowest BCUT2D eigenvalue weighted by atomic mass is 9.99. The smallest absolute Gasteiger partial charge is 0.262 e. The molecule has 1 amide bonds. The predicted octanol–water partition coefficient (Wildman–Crippen LogP) is 1.26. The second kappa shape index (κ2) is 8.76. The van der Waals surface area contributed by atoms with Crippen molar-refractivity contribution in [1.82, 2.24) is 5.32 Å². The summed E-state index contributed by atoms with van der Waals surface area (Å²) in [7, 11) is 0. The molecular weight excluding hydrogens is 400 g/mol. The highest BCUT2D eigenvalue weighted by molar-refractivity contribution is 6.18. The molecule has 2 atom stereocenters. The van der Waals surface area contributed by atoms with Crippen LogP contribution in [0.5, 0.6) is 5.75 Å². The highest BCUT2D eigenvalue weighted by Gasteiger charge is 2.36. The highest BCUT2D eigenvalue weighted by Crippen LogP contribution is 2.42. The number of aliphatic hydroxyl groups excluding tert-OH is 1. The molecule has 3 heterocycles. The van der Waals surface area contributed by atoms with Crippen LogP contribution in [0.15, 0.2) is 23.6 Å². The van der Waals surface area contributed by atoms with Crippen LogP contribution in [0.3, 0.4) is 0 Å². The molecular formula is C22H30N4O5. The van der Waals surface area contributed by atoms with Crippen molar-refractivity contribution in [3.8, 4) is 5.75 Å². The molecule has 9 heteroatoms. The van der Waals surface area contributed by atoms with Crippen LogP contribution in [-0.4, -0.2) is 68.9 Å². The first-order chi connectivity index (χ1) is 14.9. The minimum atomic E-state index is -0.675. The van der Waals surface area contributed by atoms with Gasteiger partial charge >= 0.3 is 0 Å². The molecule has 0 aliphatic carbocycles. The fourth-order valence-electron chi connectivity index (χ4n) is 4.00. The molecule has 0 bridgehead atoms. The maximum absolute atomic E-state index is 13.1. The Morgan fingerprint density at radius 3 is 2.84 bits per heavy atom. The number of hydrogen-bond donors (Lipinski definition) is 4. The maximum atomic E-state index is 13.1. The van der Waals surface area contributed by atoms with Crippen LogP contribution in [0, 0.1) is 11.3 Å². The Bertz CT molecular complexity index is 886. The fraction of sp³-hybridized carbons (Fsp3) is 0.545. The Labute approximate surface area is 181 Å². The number of aliphatic hydroxyl groups is 1. The standard InChI is InChI=1S/C22H30N4O5/c1-14-11-24-21(30-12-14)16(10-23)20(28)25-17-7-15-9-22(2,13-27)31-19(15)8-18(17)26-3-5-29-6-4-26/h7-8,10,14,23-24,27H,3-6,9,11-13H2,1-2H3,(H,25,28)/b21-16-,23-10?. The van der Waals surface area contributed by atoms with Gasteiger partial charge in [-0.25, -0.2) is 0 Å². The number of nitrogens with zero attached hydrogens (tertiary/aromatic N) is 1. The van der Waals surface area contributed by atoms with Gasteiger partial charge in [-0.2, -0.15) is 0 Å². The van der Waals surface area contributed by atoms with Gasteiger partial charge in [-0.3, -0.25) is 4.79 Å². The van der Waals surface area contributed by atoms with Crippen LogP contribution in [0.2, 0.25) is 0 Å². The minimum Gasteiger partial charge on any atom is -0.484 e. The van der Waals surface area contributed by atoms with Crippen molar-refractivity contribution in [2.24, 2.45) is 5.92 Å². The fourth-order valence-corrected chi connectivity index (χ4v) is 4.00. The van der Waals surface area contributed by atoms with E-state index in [-0.39, 0.29) is 12.2 Å². The van der Waals surface area contributed by atoms with E-state index in [0.717, 1.165) is 17.5 Å². The minimum absolute atomic E-state index is 0.0955. The van der Waals surface area contributed by atoms with Gasteiger partial charge < -0.3 is 40.3 Å². The van der Waals surface area contributed by atoms with E-state index in [4.69, 9.17) is 19.6 Å². The number of nitrogens with one attached hydrogen (secondary N) is 3.